The van der Waals surface area contributed by atoms with Gasteiger partial charge >= 0.3 is 5.97 Å². The van der Waals surface area contributed by atoms with Gasteiger partial charge in [-0.05, 0) is 44.0 Å². The Labute approximate surface area is 212 Å². The van der Waals surface area contributed by atoms with E-state index in [2.05, 4.69) is 10.6 Å². The first-order valence-corrected chi connectivity index (χ1v) is 11.9. The lowest BCUT2D eigenvalue weighted by molar-refractivity contribution is -0.119. The van der Waals surface area contributed by atoms with Crippen molar-refractivity contribution in [1.82, 2.24) is 5.32 Å². The standard InChI is InChI=1S/C29H24N2O6/c1-17-25(33)21-11-7-12-22(27(21)37-26(17)18-8-3-2-4-9-18)29(35)36-16-24(32)31-23-13-6-5-10-20(23)28(34)30-19-14-15-19/h2-13,19H,14-16H2,1H3,(H,30,34)(H,31,32). The van der Waals surface area contributed by atoms with Crippen LogP contribution < -0.4 is 16.1 Å². The highest BCUT2D eigenvalue weighted by Crippen LogP contribution is 2.27. The van der Waals surface area contributed by atoms with Crippen molar-refractivity contribution < 1.29 is 23.5 Å². The van der Waals surface area contributed by atoms with Gasteiger partial charge in [0.25, 0.3) is 11.8 Å². The molecule has 1 aliphatic rings. The maximum Gasteiger partial charge on any atom is 0.342 e. The molecule has 8 heteroatoms. The summed E-state index contributed by atoms with van der Waals surface area (Å²) in [6, 6.07) is 20.5. The second kappa shape index (κ2) is 10.1. The van der Waals surface area contributed by atoms with Gasteiger partial charge in [-0.15, -0.1) is 0 Å². The predicted octanol–water partition coefficient (Wildman–Crippen LogP) is 4.46. The van der Waals surface area contributed by atoms with Gasteiger partial charge in [-0.1, -0.05) is 48.5 Å². The van der Waals surface area contributed by atoms with E-state index in [4.69, 9.17) is 9.15 Å². The summed E-state index contributed by atoms with van der Waals surface area (Å²) in [5.74, 6) is -1.34. The van der Waals surface area contributed by atoms with Crippen molar-refractivity contribution in [3.8, 4) is 11.3 Å². The number of benzene rings is 3. The minimum Gasteiger partial charge on any atom is -0.455 e. The molecule has 8 nitrogen and oxygen atoms in total. The third-order valence-corrected chi connectivity index (χ3v) is 6.09. The molecule has 1 fully saturated rings. The third-order valence-electron chi connectivity index (χ3n) is 6.09. The number of hydrogen-bond acceptors (Lipinski definition) is 6. The molecule has 1 aromatic heterocycles. The van der Waals surface area contributed by atoms with Crippen molar-refractivity contribution in [3.05, 3.63) is 99.7 Å². The Hall–Kier alpha value is -4.72. The predicted molar refractivity (Wildman–Crippen MR) is 138 cm³/mol. The largest absolute Gasteiger partial charge is 0.455 e. The van der Waals surface area contributed by atoms with Crippen LogP contribution in [0.5, 0.6) is 0 Å². The van der Waals surface area contributed by atoms with Gasteiger partial charge in [-0.3, -0.25) is 14.4 Å². The van der Waals surface area contributed by atoms with Crippen molar-refractivity contribution >= 4 is 34.4 Å². The Bertz CT molecular complexity index is 1570. The molecular formula is C29H24N2O6. The van der Waals surface area contributed by atoms with Crippen molar-refractivity contribution in [1.29, 1.82) is 0 Å². The van der Waals surface area contributed by atoms with E-state index in [0.29, 0.717) is 28.1 Å². The zero-order chi connectivity index (χ0) is 25.9. The fourth-order valence-electron chi connectivity index (χ4n) is 4.01. The molecule has 1 heterocycles. The van der Waals surface area contributed by atoms with E-state index in [1.165, 1.54) is 6.07 Å². The average Bonchev–Trinajstić information content (AvgIpc) is 3.73. The van der Waals surface area contributed by atoms with Crippen molar-refractivity contribution in [2.45, 2.75) is 25.8 Å². The lowest BCUT2D eigenvalue weighted by Crippen LogP contribution is -2.28. The molecule has 186 valence electrons. The number of rotatable bonds is 7. The van der Waals surface area contributed by atoms with E-state index in [1.807, 2.05) is 30.3 Å². The molecule has 1 saturated carbocycles. The molecule has 0 spiro atoms. The summed E-state index contributed by atoms with van der Waals surface area (Å²) in [7, 11) is 0. The minimum absolute atomic E-state index is 0.0313. The summed E-state index contributed by atoms with van der Waals surface area (Å²) in [4.78, 5) is 51.0. The first-order chi connectivity index (χ1) is 17.9. The van der Waals surface area contributed by atoms with Gasteiger partial charge in [-0.25, -0.2) is 4.79 Å². The molecule has 4 aromatic rings. The van der Waals surface area contributed by atoms with Gasteiger partial charge in [0.15, 0.2) is 17.6 Å². The maximum absolute atomic E-state index is 13.0. The van der Waals surface area contributed by atoms with Gasteiger partial charge in [0.1, 0.15) is 11.3 Å². The lowest BCUT2D eigenvalue weighted by atomic mass is 10.0. The van der Waals surface area contributed by atoms with Crippen molar-refractivity contribution in [2.75, 3.05) is 11.9 Å². The molecule has 0 atom stereocenters. The van der Waals surface area contributed by atoms with Gasteiger partial charge in [0.2, 0.25) is 0 Å². The maximum atomic E-state index is 13.0. The number of ether oxygens (including phenoxy) is 1. The average molecular weight is 497 g/mol. The molecule has 0 bridgehead atoms. The van der Waals surface area contributed by atoms with E-state index in [0.717, 1.165) is 12.8 Å². The van der Waals surface area contributed by atoms with E-state index >= 15 is 0 Å². The van der Waals surface area contributed by atoms with Crippen LogP contribution >= 0.6 is 0 Å². The van der Waals surface area contributed by atoms with E-state index < -0.39 is 18.5 Å². The highest BCUT2D eigenvalue weighted by Gasteiger charge is 2.25. The zero-order valence-corrected chi connectivity index (χ0v) is 20.1. The van der Waals surface area contributed by atoms with Crippen LogP contribution in [0.1, 0.15) is 39.1 Å². The summed E-state index contributed by atoms with van der Waals surface area (Å²) in [5, 5.41) is 5.75. The number of carbonyl (C=O) groups is 3. The number of hydrogen-bond donors (Lipinski definition) is 2. The molecule has 3 aromatic carbocycles. The quantitative estimate of drug-likeness (QED) is 0.365. The molecule has 37 heavy (non-hydrogen) atoms. The van der Waals surface area contributed by atoms with Crippen LogP contribution in [0.2, 0.25) is 0 Å². The molecular weight excluding hydrogens is 472 g/mol. The number of esters is 1. The van der Waals surface area contributed by atoms with E-state index in [-0.39, 0.29) is 33.9 Å². The second-order valence-electron chi connectivity index (χ2n) is 8.85. The molecule has 2 N–H and O–H groups in total. The number of anilines is 1. The zero-order valence-electron chi connectivity index (χ0n) is 20.1. The smallest absolute Gasteiger partial charge is 0.342 e. The fraction of sp³-hybridized carbons (Fsp3) is 0.172. The third kappa shape index (κ3) is 5.13. The van der Waals surface area contributed by atoms with Crippen molar-refractivity contribution in [2.24, 2.45) is 0 Å². The van der Waals surface area contributed by atoms with Gasteiger partial charge in [-0.2, -0.15) is 0 Å². The van der Waals surface area contributed by atoms with E-state index in [9.17, 15) is 19.2 Å². The van der Waals surface area contributed by atoms with Crippen molar-refractivity contribution in [3.63, 3.8) is 0 Å². The highest BCUT2D eigenvalue weighted by atomic mass is 16.5. The molecule has 0 radical (unpaired) electrons. The summed E-state index contributed by atoms with van der Waals surface area (Å²) < 4.78 is 11.3. The summed E-state index contributed by atoms with van der Waals surface area (Å²) in [6.45, 7) is 1.08. The topological polar surface area (TPSA) is 115 Å². The van der Waals surface area contributed by atoms with Crippen LogP contribution in [-0.2, 0) is 9.53 Å². The van der Waals surface area contributed by atoms with E-state index in [1.54, 1.807) is 43.3 Å². The number of fused-ring (bicyclic) bond motifs is 1. The van der Waals surface area contributed by atoms with Gasteiger partial charge in [0.05, 0.1) is 16.6 Å². The van der Waals surface area contributed by atoms with Crippen LogP contribution in [0.4, 0.5) is 5.69 Å². The van der Waals surface area contributed by atoms with Crippen LogP contribution in [0, 0.1) is 6.92 Å². The highest BCUT2D eigenvalue weighted by molar-refractivity contribution is 6.06. The first kappa shape index (κ1) is 24.0. The SMILES string of the molecule is Cc1c(-c2ccccc2)oc2c(C(=O)OCC(=O)Nc3ccccc3C(=O)NC3CC3)cccc2c1=O. The Morgan fingerprint density at radius 1 is 0.919 bits per heavy atom. The van der Waals surface area contributed by atoms with Crippen LogP contribution in [-0.4, -0.2) is 30.4 Å². The second-order valence-corrected chi connectivity index (χ2v) is 8.85. The van der Waals surface area contributed by atoms with Crippen LogP contribution in [0.3, 0.4) is 0 Å². The van der Waals surface area contributed by atoms with Crippen LogP contribution in [0.25, 0.3) is 22.3 Å². The number of carbonyl (C=O) groups excluding carboxylic acids is 3. The number of amides is 2. The van der Waals surface area contributed by atoms with Gasteiger partial charge < -0.3 is 19.8 Å². The monoisotopic (exact) mass is 496 g/mol. The lowest BCUT2D eigenvalue weighted by Gasteiger charge is -2.12. The number of nitrogens with one attached hydrogen (secondary N) is 2. The summed E-state index contributed by atoms with van der Waals surface area (Å²) >= 11 is 0. The molecule has 2 amide bonds. The Balaban J connectivity index is 1.34. The van der Waals surface area contributed by atoms with Crippen LogP contribution in [0.15, 0.2) is 82.0 Å². The normalized spacial score (nSPS) is 12.7. The Kier molecular flexibility index (Phi) is 6.55. The fourth-order valence-corrected chi connectivity index (χ4v) is 4.01. The molecule has 0 unspecified atom stereocenters. The van der Waals surface area contributed by atoms with Gasteiger partial charge in [0, 0.05) is 17.2 Å². The Morgan fingerprint density at radius 3 is 2.38 bits per heavy atom. The first-order valence-electron chi connectivity index (χ1n) is 11.9. The molecule has 1 aliphatic carbocycles. The molecule has 5 rings (SSSR count). The Morgan fingerprint density at radius 2 is 1.62 bits per heavy atom. The molecule has 0 aliphatic heterocycles. The number of para-hydroxylation sites is 2. The minimum atomic E-state index is -0.813. The summed E-state index contributed by atoms with van der Waals surface area (Å²) in [6.07, 6.45) is 1.88. The summed E-state index contributed by atoms with van der Waals surface area (Å²) in [5.41, 5.74) is 1.63. The molecule has 0 saturated heterocycles.